The summed E-state index contributed by atoms with van der Waals surface area (Å²) < 4.78 is 19.7. The van der Waals surface area contributed by atoms with Gasteiger partial charge in [-0.2, -0.15) is 0 Å². The summed E-state index contributed by atoms with van der Waals surface area (Å²) in [5.41, 5.74) is 3.94. The molecule has 0 aliphatic carbocycles. The standard InChI is InChI=1S/C24H27FN2O4/c1-15-11-16(2)23(17(3)12-15)24(30)31-14-22(29)27-9-7-26(8-10-27)21-6-5-19(18(4)28)13-20(21)25/h5-6,11-13H,7-10,14H2,1-4H3. The van der Waals surface area contributed by atoms with Crippen molar-refractivity contribution in [3.05, 3.63) is 64.0 Å². The third kappa shape index (κ3) is 5.10. The van der Waals surface area contributed by atoms with E-state index in [2.05, 4.69) is 0 Å². The molecule has 1 aliphatic heterocycles. The smallest absolute Gasteiger partial charge is 0.339 e. The molecular formula is C24H27FN2O4. The molecule has 1 saturated heterocycles. The van der Waals surface area contributed by atoms with Crippen molar-refractivity contribution < 1.29 is 23.5 Å². The largest absolute Gasteiger partial charge is 0.452 e. The summed E-state index contributed by atoms with van der Waals surface area (Å²) >= 11 is 0. The Bertz CT molecular complexity index is 1000. The van der Waals surface area contributed by atoms with Crippen LogP contribution in [0.2, 0.25) is 0 Å². The average Bonchev–Trinajstić information content (AvgIpc) is 2.71. The van der Waals surface area contributed by atoms with Crippen molar-refractivity contribution >= 4 is 23.3 Å². The summed E-state index contributed by atoms with van der Waals surface area (Å²) in [5, 5.41) is 0. The van der Waals surface area contributed by atoms with E-state index in [0.29, 0.717) is 43.0 Å². The van der Waals surface area contributed by atoms with E-state index >= 15 is 0 Å². The second-order valence-electron chi connectivity index (χ2n) is 7.94. The third-order valence-electron chi connectivity index (χ3n) is 5.54. The second-order valence-corrected chi connectivity index (χ2v) is 7.94. The maximum atomic E-state index is 14.4. The Morgan fingerprint density at radius 1 is 0.968 bits per heavy atom. The van der Waals surface area contributed by atoms with Gasteiger partial charge in [-0.25, -0.2) is 9.18 Å². The van der Waals surface area contributed by atoms with Gasteiger partial charge < -0.3 is 14.5 Å². The van der Waals surface area contributed by atoms with Crippen LogP contribution < -0.4 is 4.90 Å². The highest BCUT2D eigenvalue weighted by Crippen LogP contribution is 2.22. The van der Waals surface area contributed by atoms with Crippen molar-refractivity contribution in [1.82, 2.24) is 4.90 Å². The quantitative estimate of drug-likeness (QED) is 0.541. The van der Waals surface area contributed by atoms with Gasteiger partial charge in [0.2, 0.25) is 0 Å². The molecule has 0 radical (unpaired) electrons. The first kappa shape index (κ1) is 22.5. The summed E-state index contributed by atoms with van der Waals surface area (Å²) in [6.07, 6.45) is 0. The Hall–Kier alpha value is -3.22. The van der Waals surface area contributed by atoms with E-state index in [1.807, 2.05) is 37.8 Å². The molecule has 0 N–H and O–H groups in total. The summed E-state index contributed by atoms with van der Waals surface area (Å²) in [5.74, 6) is -1.42. The molecule has 2 aromatic carbocycles. The van der Waals surface area contributed by atoms with Gasteiger partial charge in [-0.3, -0.25) is 9.59 Å². The molecule has 1 fully saturated rings. The molecule has 7 heteroatoms. The van der Waals surface area contributed by atoms with Crippen molar-refractivity contribution in [2.24, 2.45) is 0 Å². The Kier molecular flexibility index (Phi) is 6.73. The number of halogens is 1. The van der Waals surface area contributed by atoms with Gasteiger partial charge in [0.25, 0.3) is 5.91 Å². The van der Waals surface area contributed by atoms with Gasteiger partial charge >= 0.3 is 5.97 Å². The fourth-order valence-electron chi connectivity index (χ4n) is 3.97. The van der Waals surface area contributed by atoms with Crippen LogP contribution in [-0.4, -0.2) is 55.3 Å². The summed E-state index contributed by atoms with van der Waals surface area (Å²) in [6.45, 7) is 8.42. The first-order chi connectivity index (χ1) is 14.7. The predicted molar refractivity (Wildman–Crippen MR) is 116 cm³/mol. The monoisotopic (exact) mass is 426 g/mol. The summed E-state index contributed by atoms with van der Waals surface area (Å²) in [4.78, 5) is 39.8. The van der Waals surface area contributed by atoms with Crippen LogP contribution in [0.3, 0.4) is 0 Å². The number of ketones is 1. The zero-order chi connectivity index (χ0) is 22.7. The molecule has 2 aromatic rings. The van der Waals surface area contributed by atoms with Crippen LogP contribution in [0.1, 0.15) is 44.3 Å². The van der Waals surface area contributed by atoms with E-state index in [1.54, 1.807) is 17.0 Å². The molecule has 31 heavy (non-hydrogen) atoms. The Labute approximate surface area is 181 Å². The molecule has 164 valence electrons. The number of hydrogen-bond donors (Lipinski definition) is 0. The molecule has 0 aromatic heterocycles. The van der Waals surface area contributed by atoms with Crippen LogP contribution in [0, 0.1) is 26.6 Å². The van der Waals surface area contributed by atoms with Gasteiger partial charge in [-0.05, 0) is 57.0 Å². The molecule has 0 bridgehead atoms. The first-order valence-corrected chi connectivity index (χ1v) is 10.3. The summed E-state index contributed by atoms with van der Waals surface area (Å²) in [6, 6.07) is 8.26. The third-order valence-corrected chi connectivity index (χ3v) is 5.54. The predicted octanol–water partition coefficient (Wildman–Crippen LogP) is 3.46. The molecular weight excluding hydrogens is 399 g/mol. The molecule has 3 rings (SSSR count). The zero-order valence-electron chi connectivity index (χ0n) is 18.3. The van der Waals surface area contributed by atoms with Gasteiger partial charge in [-0.15, -0.1) is 0 Å². The second kappa shape index (κ2) is 9.29. The lowest BCUT2D eigenvalue weighted by molar-refractivity contribution is -0.134. The van der Waals surface area contributed by atoms with Gasteiger partial charge in [0.15, 0.2) is 12.4 Å². The highest BCUT2D eigenvalue weighted by molar-refractivity contribution is 5.95. The number of Topliss-reactive ketones (excluding diaryl/α,β-unsaturated/α-hetero) is 1. The lowest BCUT2D eigenvalue weighted by Gasteiger charge is -2.36. The number of aryl methyl sites for hydroxylation is 3. The van der Waals surface area contributed by atoms with Crippen LogP contribution in [0.5, 0.6) is 0 Å². The molecule has 1 amide bonds. The lowest BCUT2D eigenvalue weighted by Crippen LogP contribution is -2.50. The highest BCUT2D eigenvalue weighted by Gasteiger charge is 2.24. The van der Waals surface area contributed by atoms with Crippen molar-refractivity contribution in [3.8, 4) is 0 Å². The SMILES string of the molecule is CC(=O)c1ccc(N2CCN(C(=O)COC(=O)c3c(C)cc(C)cc3C)CC2)c(F)c1. The van der Waals surface area contributed by atoms with E-state index in [-0.39, 0.29) is 18.3 Å². The number of piperazine rings is 1. The molecule has 6 nitrogen and oxygen atoms in total. The zero-order valence-corrected chi connectivity index (χ0v) is 18.3. The van der Waals surface area contributed by atoms with Crippen LogP contribution in [-0.2, 0) is 9.53 Å². The van der Waals surface area contributed by atoms with E-state index in [4.69, 9.17) is 4.74 Å². The van der Waals surface area contributed by atoms with Gasteiger partial charge in [0.05, 0.1) is 11.3 Å². The first-order valence-electron chi connectivity index (χ1n) is 10.3. The van der Waals surface area contributed by atoms with Gasteiger partial charge in [0, 0.05) is 31.7 Å². The number of esters is 1. The Morgan fingerprint density at radius 3 is 2.13 bits per heavy atom. The normalized spacial score (nSPS) is 13.8. The molecule has 0 saturated carbocycles. The fraction of sp³-hybridized carbons (Fsp3) is 0.375. The van der Waals surface area contributed by atoms with Crippen LogP contribution in [0.25, 0.3) is 0 Å². The average molecular weight is 426 g/mol. The van der Waals surface area contributed by atoms with E-state index < -0.39 is 11.8 Å². The molecule has 1 heterocycles. The number of benzene rings is 2. The molecule has 0 unspecified atom stereocenters. The minimum atomic E-state index is -0.505. The molecule has 0 atom stereocenters. The minimum absolute atomic E-state index is 0.188. The van der Waals surface area contributed by atoms with Crippen molar-refractivity contribution in [1.29, 1.82) is 0 Å². The Morgan fingerprint density at radius 2 is 1.58 bits per heavy atom. The van der Waals surface area contributed by atoms with E-state index in [9.17, 15) is 18.8 Å². The number of ether oxygens (including phenoxy) is 1. The van der Waals surface area contributed by atoms with Crippen LogP contribution in [0.4, 0.5) is 10.1 Å². The van der Waals surface area contributed by atoms with Crippen molar-refractivity contribution in [3.63, 3.8) is 0 Å². The number of nitrogens with zero attached hydrogens (tertiary/aromatic N) is 2. The molecule has 1 aliphatic rings. The lowest BCUT2D eigenvalue weighted by atomic mass is 10.00. The van der Waals surface area contributed by atoms with Crippen LogP contribution >= 0.6 is 0 Å². The topological polar surface area (TPSA) is 66.9 Å². The number of amides is 1. The van der Waals surface area contributed by atoms with Crippen molar-refractivity contribution in [2.45, 2.75) is 27.7 Å². The van der Waals surface area contributed by atoms with Crippen LogP contribution in [0.15, 0.2) is 30.3 Å². The summed E-state index contributed by atoms with van der Waals surface area (Å²) in [7, 11) is 0. The molecule has 0 spiro atoms. The number of anilines is 1. The maximum absolute atomic E-state index is 14.4. The number of hydrogen-bond acceptors (Lipinski definition) is 5. The number of rotatable bonds is 5. The highest BCUT2D eigenvalue weighted by atomic mass is 19.1. The van der Waals surface area contributed by atoms with Gasteiger partial charge in [0.1, 0.15) is 5.82 Å². The maximum Gasteiger partial charge on any atom is 0.339 e. The van der Waals surface area contributed by atoms with Crippen molar-refractivity contribution in [2.75, 3.05) is 37.7 Å². The van der Waals surface area contributed by atoms with E-state index in [1.165, 1.54) is 13.0 Å². The van der Waals surface area contributed by atoms with E-state index in [0.717, 1.165) is 16.7 Å². The Balaban J connectivity index is 1.55. The fourth-order valence-corrected chi connectivity index (χ4v) is 3.97. The number of carbonyl (C=O) groups excluding carboxylic acids is 3. The minimum Gasteiger partial charge on any atom is -0.452 e. The number of carbonyl (C=O) groups is 3. The van der Waals surface area contributed by atoms with Gasteiger partial charge in [-0.1, -0.05) is 17.7 Å².